The number of rotatable bonds is 6. The molecule has 2 aromatic heterocycles. The lowest BCUT2D eigenvalue weighted by atomic mass is 10.2. The van der Waals surface area contributed by atoms with Crippen molar-refractivity contribution in [1.29, 1.82) is 0 Å². The molecule has 0 aliphatic carbocycles. The molecule has 6 nitrogen and oxygen atoms in total. The van der Waals surface area contributed by atoms with Crippen molar-refractivity contribution in [1.82, 2.24) is 9.55 Å². The van der Waals surface area contributed by atoms with Gasteiger partial charge < -0.3 is 10.1 Å². The van der Waals surface area contributed by atoms with E-state index in [1.165, 1.54) is 17.0 Å². The molecular formula is C19H20FN3O3S. The molecule has 1 N–H and O–H groups in total. The van der Waals surface area contributed by atoms with E-state index in [9.17, 15) is 14.0 Å². The minimum Gasteiger partial charge on any atom is -0.380 e. The normalized spacial score (nSPS) is 11.1. The van der Waals surface area contributed by atoms with Crippen LogP contribution in [0.1, 0.15) is 27.7 Å². The van der Waals surface area contributed by atoms with Crippen molar-refractivity contribution in [3.05, 3.63) is 56.7 Å². The van der Waals surface area contributed by atoms with Gasteiger partial charge in [0.25, 0.3) is 11.5 Å². The molecule has 142 valence electrons. The predicted molar refractivity (Wildman–Crippen MR) is 104 cm³/mol. The van der Waals surface area contributed by atoms with Crippen LogP contribution in [0.5, 0.6) is 0 Å². The predicted octanol–water partition coefficient (Wildman–Crippen LogP) is 3.50. The molecule has 0 saturated heterocycles. The third kappa shape index (κ3) is 3.91. The van der Waals surface area contributed by atoms with Gasteiger partial charge in [-0.3, -0.25) is 14.2 Å². The minimum absolute atomic E-state index is 0.200. The van der Waals surface area contributed by atoms with Crippen molar-refractivity contribution < 1.29 is 13.9 Å². The van der Waals surface area contributed by atoms with E-state index in [1.54, 1.807) is 26.0 Å². The summed E-state index contributed by atoms with van der Waals surface area (Å²) in [6.45, 7) is 6.65. The molecule has 0 spiro atoms. The van der Waals surface area contributed by atoms with Crippen molar-refractivity contribution in [2.24, 2.45) is 0 Å². The van der Waals surface area contributed by atoms with Crippen LogP contribution in [-0.4, -0.2) is 28.7 Å². The standard InChI is InChI=1S/C19H20FN3O3S/c1-4-26-8-7-23-10-21-18-15(19(23)25)12(3)16(27-18)17(24)22-13-6-5-11(2)14(20)9-13/h5-6,9-10H,4,7-8H2,1-3H3,(H,22,24). The molecular weight excluding hydrogens is 369 g/mol. The van der Waals surface area contributed by atoms with E-state index >= 15 is 0 Å². The summed E-state index contributed by atoms with van der Waals surface area (Å²) in [5.74, 6) is -0.779. The van der Waals surface area contributed by atoms with Crippen molar-refractivity contribution in [3.63, 3.8) is 0 Å². The molecule has 27 heavy (non-hydrogen) atoms. The molecule has 2 heterocycles. The number of ether oxygens (including phenoxy) is 1. The molecule has 0 bridgehead atoms. The van der Waals surface area contributed by atoms with Crippen LogP contribution in [0.4, 0.5) is 10.1 Å². The molecule has 3 rings (SSSR count). The van der Waals surface area contributed by atoms with Crippen molar-refractivity contribution in [2.45, 2.75) is 27.3 Å². The summed E-state index contributed by atoms with van der Waals surface area (Å²) in [4.78, 5) is 30.5. The third-order valence-electron chi connectivity index (χ3n) is 4.23. The van der Waals surface area contributed by atoms with Gasteiger partial charge in [-0.15, -0.1) is 11.3 Å². The third-order valence-corrected chi connectivity index (χ3v) is 5.43. The Morgan fingerprint density at radius 1 is 1.37 bits per heavy atom. The number of hydrogen-bond donors (Lipinski definition) is 1. The van der Waals surface area contributed by atoms with E-state index in [-0.39, 0.29) is 17.3 Å². The molecule has 8 heteroatoms. The van der Waals surface area contributed by atoms with Gasteiger partial charge >= 0.3 is 0 Å². The number of nitrogens with zero attached hydrogens (tertiary/aromatic N) is 2. The summed E-state index contributed by atoms with van der Waals surface area (Å²) in [5.41, 5.74) is 1.24. The summed E-state index contributed by atoms with van der Waals surface area (Å²) in [6, 6.07) is 4.51. The summed E-state index contributed by atoms with van der Waals surface area (Å²) in [6.07, 6.45) is 1.47. The second kappa shape index (κ2) is 7.98. The Morgan fingerprint density at radius 3 is 2.85 bits per heavy atom. The fourth-order valence-corrected chi connectivity index (χ4v) is 3.74. The summed E-state index contributed by atoms with van der Waals surface area (Å²) >= 11 is 1.15. The first-order valence-electron chi connectivity index (χ1n) is 8.56. The number of anilines is 1. The van der Waals surface area contributed by atoms with E-state index in [1.807, 2.05) is 6.92 Å². The Morgan fingerprint density at radius 2 is 2.15 bits per heavy atom. The van der Waals surface area contributed by atoms with Crippen molar-refractivity contribution in [3.8, 4) is 0 Å². The molecule has 1 aromatic carbocycles. The van der Waals surface area contributed by atoms with Gasteiger partial charge in [-0.2, -0.15) is 0 Å². The monoisotopic (exact) mass is 389 g/mol. The van der Waals surface area contributed by atoms with Crippen LogP contribution in [-0.2, 0) is 11.3 Å². The lowest BCUT2D eigenvalue weighted by Crippen LogP contribution is -2.23. The highest BCUT2D eigenvalue weighted by atomic mass is 32.1. The molecule has 0 unspecified atom stereocenters. The van der Waals surface area contributed by atoms with Crippen LogP contribution in [0.25, 0.3) is 10.2 Å². The van der Waals surface area contributed by atoms with E-state index in [0.717, 1.165) is 11.3 Å². The molecule has 0 radical (unpaired) electrons. The zero-order chi connectivity index (χ0) is 19.6. The quantitative estimate of drug-likeness (QED) is 0.655. The maximum atomic E-state index is 13.7. The highest BCUT2D eigenvalue weighted by Crippen LogP contribution is 2.27. The molecule has 0 fully saturated rings. The number of carbonyl (C=O) groups excluding carboxylic acids is 1. The molecule has 0 aliphatic rings. The zero-order valence-electron chi connectivity index (χ0n) is 15.3. The molecule has 0 aliphatic heterocycles. The summed E-state index contributed by atoms with van der Waals surface area (Å²) < 4.78 is 20.5. The van der Waals surface area contributed by atoms with Crippen molar-refractivity contribution >= 4 is 33.1 Å². The number of aryl methyl sites for hydroxylation is 2. The van der Waals surface area contributed by atoms with E-state index < -0.39 is 0 Å². The topological polar surface area (TPSA) is 73.2 Å². The number of amides is 1. The largest absolute Gasteiger partial charge is 0.380 e. The fraction of sp³-hybridized carbons (Fsp3) is 0.316. The van der Waals surface area contributed by atoms with Gasteiger partial charge in [-0.1, -0.05) is 6.07 Å². The fourth-order valence-electron chi connectivity index (χ4n) is 2.70. The van der Waals surface area contributed by atoms with Crippen LogP contribution in [0, 0.1) is 19.7 Å². The number of fused-ring (bicyclic) bond motifs is 1. The molecule has 3 aromatic rings. The second-order valence-electron chi connectivity index (χ2n) is 6.09. The molecule has 0 saturated carbocycles. The zero-order valence-corrected chi connectivity index (χ0v) is 16.2. The Labute approximate surface area is 159 Å². The number of aromatic nitrogens is 2. The lowest BCUT2D eigenvalue weighted by Gasteiger charge is -2.06. The highest BCUT2D eigenvalue weighted by Gasteiger charge is 2.19. The molecule has 1 amide bonds. The van der Waals surface area contributed by atoms with Gasteiger partial charge in [-0.25, -0.2) is 9.37 Å². The Balaban J connectivity index is 1.91. The number of benzene rings is 1. The first-order chi connectivity index (χ1) is 12.9. The van der Waals surface area contributed by atoms with Crippen molar-refractivity contribution in [2.75, 3.05) is 18.5 Å². The second-order valence-corrected chi connectivity index (χ2v) is 7.09. The van der Waals surface area contributed by atoms with Crippen LogP contribution < -0.4 is 10.9 Å². The minimum atomic E-state index is -0.390. The van der Waals surface area contributed by atoms with Gasteiger partial charge in [0, 0.05) is 12.3 Å². The highest BCUT2D eigenvalue weighted by molar-refractivity contribution is 7.20. The number of thiophene rings is 1. The van der Waals surface area contributed by atoms with Crippen LogP contribution in [0.2, 0.25) is 0 Å². The first kappa shape index (κ1) is 19.2. The Bertz CT molecular complexity index is 1060. The maximum absolute atomic E-state index is 13.7. The van der Waals surface area contributed by atoms with Crippen LogP contribution in [0.15, 0.2) is 29.3 Å². The van der Waals surface area contributed by atoms with Gasteiger partial charge in [0.05, 0.1) is 29.7 Å². The number of hydrogen-bond acceptors (Lipinski definition) is 5. The van der Waals surface area contributed by atoms with E-state index in [0.29, 0.717) is 51.7 Å². The average molecular weight is 389 g/mol. The average Bonchev–Trinajstić information content (AvgIpc) is 2.98. The van der Waals surface area contributed by atoms with Gasteiger partial charge in [0.2, 0.25) is 0 Å². The van der Waals surface area contributed by atoms with Gasteiger partial charge in [0.1, 0.15) is 10.6 Å². The van der Waals surface area contributed by atoms with Gasteiger partial charge in [0.15, 0.2) is 0 Å². The molecule has 0 atom stereocenters. The van der Waals surface area contributed by atoms with Crippen LogP contribution in [0.3, 0.4) is 0 Å². The lowest BCUT2D eigenvalue weighted by molar-refractivity contribution is 0.103. The Hall–Kier alpha value is -2.58. The van der Waals surface area contributed by atoms with Crippen LogP contribution >= 0.6 is 11.3 Å². The number of nitrogens with one attached hydrogen (secondary N) is 1. The smallest absolute Gasteiger partial charge is 0.266 e. The van der Waals surface area contributed by atoms with E-state index in [2.05, 4.69) is 10.3 Å². The Kier molecular flexibility index (Phi) is 5.67. The number of halogens is 1. The SMILES string of the molecule is CCOCCn1cnc2sc(C(=O)Nc3ccc(C)c(F)c3)c(C)c2c1=O. The number of carbonyl (C=O) groups is 1. The summed E-state index contributed by atoms with van der Waals surface area (Å²) in [5, 5.41) is 3.11. The van der Waals surface area contributed by atoms with E-state index in [4.69, 9.17) is 4.74 Å². The van der Waals surface area contributed by atoms with Gasteiger partial charge in [-0.05, 0) is 44.0 Å². The first-order valence-corrected chi connectivity index (χ1v) is 9.37. The maximum Gasteiger partial charge on any atom is 0.266 e. The summed E-state index contributed by atoms with van der Waals surface area (Å²) in [7, 11) is 0.